The van der Waals surface area contributed by atoms with E-state index < -0.39 is 18.2 Å². The Balaban J connectivity index is 2.38. The summed E-state index contributed by atoms with van der Waals surface area (Å²) >= 11 is 0. The number of Topliss-reactive ketones (excluding diaryl/α,β-unsaturated/α-hetero) is 1. The number of carbonyl (C=O) groups is 2. The molecule has 1 N–H and O–H groups in total. The maximum Gasteiger partial charge on any atom is 0.311 e. The van der Waals surface area contributed by atoms with Crippen molar-refractivity contribution in [1.29, 1.82) is 0 Å². The summed E-state index contributed by atoms with van der Waals surface area (Å²) in [5.41, 5.74) is 1.49. The third-order valence-electron chi connectivity index (χ3n) is 2.13. The van der Waals surface area contributed by atoms with Crippen LogP contribution in [0.15, 0.2) is 22.6 Å². The van der Waals surface area contributed by atoms with Crippen LogP contribution in [0.5, 0.6) is 0 Å². The number of rotatable bonds is 3. The number of aryl methyl sites for hydroxylation is 1. The molecule has 0 atom stereocenters. The number of carboxylic acid groups (broad SMARTS) is 1. The molecule has 0 amide bonds. The normalized spacial score (nSPS) is 10.6. The molecule has 0 aliphatic rings. The van der Waals surface area contributed by atoms with E-state index in [0.717, 1.165) is 0 Å². The van der Waals surface area contributed by atoms with Gasteiger partial charge < -0.3 is 9.52 Å². The number of carbonyl (C=O) groups excluding carboxylic acids is 1. The van der Waals surface area contributed by atoms with Crippen LogP contribution in [0.4, 0.5) is 0 Å². The van der Waals surface area contributed by atoms with Crippen molar-refractivity contribution >= 4 is 22.9 Å². The molecular formula is C11H9NO4. The van der Waals surface area contributed by atoms with Gasteiger partial charge in [0.1, 0.15) is 11.9 Å². The van der Waals surface area contributed by atoms with Crippen LogP contribution in [-0.2, 0) is 4.79 Å². The van der Waals surface area contributed by atoms with Crippen LogP contribution in [0, 0.1) is 6.92 Å². The third-order valence-corrected chi connectivity index (χ3v) is 2.13. The molecular weight excluding hydrogens is 210 g/mol. The molecule has 5 heteroatoms. The Morgan fingerprint density at radius 1 is 1.44 bits per heavy atom. The summed E-state index contributed by atoms with van der Waals surface area (Å²) in [6, 6.07) is 4.69. The minimum Gasteiger partial charge on any atom is -0.481 e. The SMILES string of the molecule is Cc1nc2cc(C(=O)CC(=O)O)ccc2o1. The Morgan fingerprint density at radius 2 is 2.19 bits per heavy atom. The lowest BCUT2D eigenvalue weighted by atomic mass is 10.1. The number of oxazole rings is 1. The lowest BCUT2D eigenvalue weighted by Gasteiger charge is -1.96. The maximum absolute atomic E-state index is 11.5. The fourth-order valence-corrected chi connectivity index (χ4v) is 1.46. The van der Waals surface area contributed by atoms with E-state index in [1.54, 1.807) is 13.0 Å². The topological polar surface area (TPSA) is 80.4 Å². The predicted molar refractivity (Wildman–Crippen MR) is 55.3 cm³/mol. The zero-order valence-electron chi connectivity index (χ0n) is 8.56. The molecule has 0 unspecified atom stereocenters. The fraction of sp³-hybridized carbons (Fsp3) is 0.182. The molecule has 0 aliphatic carbocycles. The molecule has 82 valence electrons. The molecule has 1 heterocycles. The van der Waals surface area contributed by atoms with Crippen LogP contribution in [0.25, 0.3) is 11.1 Å². The summed E-state index contributed by atoms with van der Waals surface area (Å²) in [6.45, 7) is 1.71. The molecule has 0 spiro atoms. The van der Waals surface area contributed by atoms with Crippen molar-refractivity contribution in [1.82, 2.24) is 4.98 Å². The number of benzene rings is 1. The average Bonchev–Trinajstić information content (AvgIpc) is 2.55. The van der Waals surface area contributed by atoms with Gasteiger partial charge in [-0.25, -0.2) is 4.98 Å². The van der Waals surface area contributed by atoms with E-state index in [4.69, 9.17) is 9.52 Å². The zero-order chi connectivity index (χ0) is 11.7. The van der Waals surface area contributed by atoms with Gasteiger partial charge in [0.15, 0.2) is 17.3 Å². The molecule has 2 rings (SSSR count). The van der Waals surface area contributed by atoms with Crippen LogP contribution >= 0.6 is 0 Å². The Hall–Kier alpha value is -2.17. The van der Waals surface area contributed by atoms with Crippen LogP contribution in [-0.4, -0.2) is 21.8 Å². The van der Waals surface area contributed by atoms with Crippen LogP contribution in [0.2, 0.25) is 0 Å². The second-order valence-corrected chi connectivity index (χ2v) is 3.41. The molecule has 0 saturated heterocycles. The first-order chi connectivity index (χ1) is 7.56. The van der Waals surface area contributed by atoms with Crippen molar-refractivity contribution in [2.45, 2.75) is 13.3 Å². The van der Waals surface area contributed by atoms with Crippen molar-refractivity contribution in [3.63, 3.8) is 0 Å². The minimum absolute atomic E-state index is 0.336. The molecule has 0 fully saturated rings. The monoisotopic (exact) mass is 219 g/mol. The van der Waals surface area contributed by atoms with Gasteiger partial charge in [-0.1, -0.05) is 0 Å². The number of fused-ring (bicyclic) bond motifs is 1. The number of aliphatic carboxylic acids is 1. The van der Waals surface area contributed by atoms with E-state index in [1.807, 2.05) is 0 Å². The van der Waals surface area contributed by atoms with Gasteiger partial charge in [-0.15, -0.1) is 0 Å². The Labute approximate surface area is 90.7 Å². The van der Waals surface area contributed by atoms with Gasteiger partial charge in [0.25, 0.3) is 0 Å². The van der Waals surface area contributed by atoms with E-state index in [2.05, 4.69) is 4.98 Å². The molecule has 0 saturated carbocycles. The van der Waals surface area contributed by atoms with Crippen molar-refractivity contribution in [2.24, 2.45) is 0 Å². The fourth-order valence-electron chi connectivity index (χ4n) is 1.46. The lowest BCUT2D eigenvalue weighted by Crippen LogP contribution is -2.06. The van der Waals surface area contributed by atoms with Crippen molar-refractivity contribution in [3.8, 4) is 0 Å². The Bertz CT molecular complexity index is 570. The number of carboxylic acids is 1. The number of hydrogen-bond donors (Lipinski definition) is 1. The first-order valence-corrected chi connectivity index (χ1v) is 4.68. The van der Waals surface area contributed by atoms with E-state index in [9.17, 15) is 9.59 Å². The van der Waals surface area contributed by atoms with Crippen molar-refractivity contribution in [2.75, 3.05) is 0 Å². The van der Waals surface area contributed by atoms with Gasteiger partial charge >= 0.3 is 5.97 Å². The van der Waals surface area contributed by atoms with Gasteiger partial charge in [0.2, 0.25) is 0 Å². The predicted octanol–water partition coefficient (Wildman–Crippen LogP) is 1.79. The highest BCUT2D eigenvalue weighted by Gasteiger charge is 2.12. The van der Waals surface area contributed by atoms with Gasteiger partial charge in [-0.2, -0.15) is 0 Å². The number of nitrogens with zero attached hydrogens (tertiary/aromatic N) is 1. The summed E-state index contributed by atoms with van der Waals surface area (Å²) < 4.78 is 5.24. The minimum atomic E-state index is -1.14. The van der Waals surface area contributed by atoms with Crippen molar-refractivity contribution < 1.29 is 19.1 Å². The average molecular weight is 219 g/mol. The van der Waals surface area contributed by atoms with E-state index in [0.29, 0.717) is 22.6 Å². The van der Waals surface area contributed by atoms with E-state index in [-0.39, 0.29) is 0 Å². The van der Waals surface area contributed by atoms with Gasteiger partial charge in [0, 0.05) is 12.5 Å². The van der Waals surface area contributed by atoms with Crippen LogP contribution < -0.4 is 0 Å². The van der Waals surface area contributed by atoms with Gasteiger partial charge in [-0.05, 0) is 18.2 Å². The van der Waals surface area contributed by atoms with Crippen molar-refractivity contribution in [3.05, 3.63) is 29.7 Å². The van der Waals surface area contributed by atoms with Crippen LogP contribution in [0.1, 0.15) is 22.7 Å². The Morgan fingerprint density at radius 3 is 2.88 bits per heavy atom. The second kappa shape index (κ2) is 3.77. The molecule has 0 aliphatic heterocycles. The first-order valence-electron chi connectivity index (χ1n) is 4.68. The molecule has 1 aromatic heterocycles. The highest BCUT2D eigenvalue weighted by Crippen LogP contribution is 2.17. The zero-order valence-corrected chi connectivity index (χ0v) is 8.56. The highest BCUT2D eigenvalue weighted by molar-refractivity contribution is 6.06. The quantitative estimate of drug-likeness (QED) is 0.628. The summed E-state index contributed by atoms with van der Waals surface area (Å²) in [5.74, 6) is -1.06. The molecule has 0 bridgehead atoms. The molecule has 0 radical (unpaired) electrons. The van der Waals surface area contributed by atoms with Gasteiger partial charge in [-0.3, -0.25) is 9.59 Å². The molecule has 16 heavy (non-hydrogen) atoms. The summed E-state index contributed by atoms with van der Waals surface area (Å²) in [5, 5.41) is 8.51. The standard InChI is InChI=1S/C11H9NO4/c1-6-12-8-4-7(2-3-10(8)16-6)9(13)5-11(14)15/h2-4H,5H2,1H3,(H,14,15). The molecule has 1 aromatic carbocycles. The molecule has 2 aromatic rings. The van der Waals surface area contributed by atoms with E-state index >= 15 is 0 Å². The van der Waals surface area contributed by atoms with Crippen LogP contribution in [0.3, 0.4) is 0 Å². The lowest BCUT2D eigenvalue weighted by molar-refractivity contribution is -0.135. The number of aromatic nitrogens is 1. The molecule has 5 nitrogen and oxygen atoms in total. The smallest absolute Gasteiger partial charge is 0.311 e. The van der Waals surface area contributed by atoms with Gasteiger partial charge in [0.05, 0.1) is 0 Å². The summed E-state index contributed by atoms with van der Waals surface area (Å²) in [4.78, 5) is 25.9. The summed E-state index contributed by atoms with van der Waals surface area (Å²) in [6.07, 6.45) is -0.512. The summed E-state index contributed by atoms with van der Waals surface area (Å²) in [7, 11) is 0. The highest BCUT2D eigenvalue weighted by atomic mass is 16.4. The Kier molecular flexibility index (Phi) is 2.44. The largest absolute Gasteiger partial charge is 0.481 e. The third kappa shape index (κ3) is 1.93. The second-order valence-electron chi connectivity index (χ2n) is 3.41. The maximum atomic E-state index is 11.5. The van der Waals surface area contributed by atoms with E-state index in [1.165, 1.54) is 12.1 Å². The number of hydrogen-bond acceptors (Lipinski definition) is 4. The first kappa shape index (κ1) is 10.4. The number of ketones is 1.